The van der Waals surface area contributed by atoms with Gasteiger partial charge in [0.2, 0.25) is 0 Å². The van der Waals surface area contributed by atoms with Crippen molar-refractivity contribution in [1.29, 1.82) is 0 Å². The highest BCUT2D eigenvalue weighted by Crippen LogP contribution is 2.26. The maximum Gasteiger partial charge on any atom is 0.122 e. The molecule has 118 valence electrons. The molecule has 0 amide bonds. The largest absolute Gasteiger partial charge is 0.493 e. The van der Waals surface area contributed by atoms with Crippen LogP contribution in [0.5, 0.6) is 5.75 Å². The topological polar surface area (TPSA) is 9.23 Å². The molecule has 2 aromatic carbocycles. The molecular formula is C20H25ClO. The van der Waals surface area contributed by atoms with Crippen molar-refractivity contribution in [3.05, 3.63) is 54.1 Å². The quantitative estimate of drug-likeness (QED) is 0.393. The van der Waals surface area contributed by atoms with Crippen molar-refractivity contribution < 1.29 is 4.74 Å². The van der Waals surface area contributed by atoms with Gasteiger partial charge in [0.1, 0.15) is 5.75 Å². The van der Waals surface area contributed by atoms with Gasteiger partial charge in [-0.05, 0) is 48.6 Å². The van der Waals surface area contributed by atoms with Crippen molar-refractivity contribution in [3.63, 3.8) is 0 Å². The highest BCUT2D eigenvalue weighted by atomic mass is 35.5. The van der Waals surface area contributed by atoms with Crippen molar-refractivity contribution in [1.82, 2.24) is 0 Å². The third kappa shape index (κ3) is 5.38. The lowest BCUT2D eigenvalue weighted by Gasteiger charge is -2.11. The van der Waals surface area contributed by atoms with Crippen molar-refractivity contribution >= 4 is 11.6 Å². The molecule has 0 saturated carbocycles. The summed E-state index contributed by atoms with van der Waals surface area (Å²) in [5.74, 6) is 1.78. The molecule has 22 heavy (non-hydrogen) atoms. The standard InChI is InChI=1S/C20H25ClO/c1-17-16-19(18-10-6-5-7-11-18)12-13-20(17)22-15-9-4-2-3-8-14-21/h5-7,10-13,16H,2-4,8-9,14-15H2,1H3. The van der Waals surface area contributed by atoms with Gasteiger partial charge < -0.3 is 4.74 Å². The molecule has 0 aliphatic carbocycles. The number of hydrogen-bond acceptors (Lipinski definition) is 1. The summed E-state index contributed by atoms with van der Waals surface area (Å²) in [7, 11) is 0. The Hall–Kier alpha value is -1.47. The number of ether oxygens (including phenoxy) is 1. The van der Waals surface area contributed by atoms with Crippen molar-refractivity contribution in [2.45, 2.75) is 39.0 Å². The molecule has 0 bridgehead atoms. The van der Waals surface area contributed by atoms with Gasteiger partial charge in [-0.25, -0.2) is 0 Å². The molecule has 0 fully saturated rings. The molecule has 0 heterocycles. The number of halogens is 1. The first-order valence-corrected chi connectivity index (χ1v) is 8.69. The summed E-state index contributed by atoms with van der Waals surface area (Å²) in [6.45, 7) is 2.91. The normalized spacial score (nSPS) is 10.6. The fraction of sp³-hybridized carbons (Fsp3) is 0.400. The second kappa shape index (κ2) is 9.53. The van der Waals surface area contributed by atoms with Crippen LogP contribution in [0.15, 0.2) is 48.5 Å². The fourth-order valence-corrected chi connectivity index (χ4v) is 2.72. The van der Waals surface area contributed by atoms with Crippen LogP contribution in [0.2, 0.25) is 0 Å². The molecule has 0 N–H and O–H groups in total. The van der Waals surface area contributed by atoms with Crippen LogP contribution in [0.4, 0.5) is 0 Å². The van der Waals surface area contributed by atoms with Crippen LogP contribution in [0.1, 0.15) is 37.7 Å². The summed E-state index contributed by atoms with van der Waals surface area (Å²) in [6.07, 6.45) is 5.94. The Morgan fingerprint density at radius 2 is 1.55 bits per heavy atom. The van der Waals surface area contributed by atoms with Crippen LogP contribution in [-0.2, 0) is 0 Å². The van der Waals surface area contributed by atoms with Gasteiger partial charge in [-0.2, -0.15) is 0 Å². The van der Waals surface area contributed by atoms with E-state index in [2.05, 4.69) is 49.4 Å². The molecule has 2 rings (SSSR count). The lowest BCUT2D eigenvalue weighted by atomic mass is 10.0. The van der Waals surface area contributed by atoms with Crippen LogP contribution < -0.4 is 4.74 Å². The van der Waals surface area contributed by atoms with E-state index in [-0.39, 0.29) is 0 Å². The summed E-state index contributed by atoms with van der Waals surface area (Å²) in [6, 6.07) is 16.9. The van der Waals surface area contributed by atoms with E-state index in [1.54, 1.807) is 0 Å². The van der Waals surface area contributed by atoms with Gasteiger partial charge in [0, 0.05) is 5.88 Å². The summed E-state index contributed by atoms with van der Waals surface area (Å²) < 4.78 is 5.91. The molecule has 0 unspecified atom stereocenters. The number of rotatable bonds is 9. The zero-order valence-corrected chi connectivity index (χ0v) is 14.1. The minimum Gasteiger partial charge on any atom is -0.493 e. The second-order valence-electron chi connectivity index (χ2n) is 5.65. The number of unbranched alkanes of at least 4 members (excludes halogenated alkanes) is 4. The molecule has 0 aromatic heterocycles. The van der Waals surface area contributed by atoms with Gasteiger partial charge in [0.25, 0.3) is 0 Å². The molecule has 2 aromatic rings. The Balaban J connectivity index is 1.80. The zero-order chi connectivity index (χ0) is 15.6. The minimum absolute atomic E-state index is 0.781. The van der Waals surface area contributed by atoms with E-state index in [1.807, 2.05) is 6.07 Å². The van der Waals surface area contributed by atoms with E-state index in [4.69, 9.17) is 16.3 Å². The van der Waals surface area contributed by atoms with Crippen molar-refractivity contribution in [3.8, 4) is 16.9 Å². The maximum absolute atomic E-state index is 5.91. The van der Waals surface area contributed by atoms with Gasteiger partial charge in [0.15, 0.2) is 0 Å². The fourth-order valence-electron chi connectivity index (χ4n) is 2.53. The Kier molecular flexibility index (Phi) is 7.32. The van der Waals surface area contributed by atoms with Gasteiger partial charge in [0.05, 0.1) is 6.61 Å². The van der Waals surface area contributed by atoms with E-state index in [1.165, 1.54) is 36.0 Å². The minimum atomic E-state index is 0.781. The number of aryl methyl sites for hydroxylation is 1. The smallest absolute Gasteiger partial charge is 0.122 e. The van der Waals surface area contributed by atoms with Crippen LogP contribution in [0.3, 0.4) is 0 Å². The van der Waals surface area contributed by atoms with E-state index in [0.29, 0.717) is 0 Å². The molecule has 0 radical (unpaired) electrons. The van der Waals surface area contributed by atoms with E-state index >= 15 is 0 Å². The summed E-state index contributed by atoms with van der Waals surface area (Å²) in [4.78, 5) is 0. The lowest BCUT2D eigenvalue weighted by molar-refractivity contribution is 0.302. The Labute approximate surface area is 139 Å². The van der Waals surface area contributed by atoms with E-state index in [0.717, 1.165) is 31.1 Å². The highest BCUT2D eigenvalue weighted by molar-refractivity contribution is 6.17. The van der Waals surface area contributed by atoms with Crippen molar-refractivity contribution in [2.75, 3.05) is 12.5 Å². The monoisotopic (exact) mass is 316 g/mol. The first kappa shape index (κ1) is 16.9. The zero-order valence-electron chi connectivity index (χ0n) is 13.4. The number of benzene rings is 2. The molecule has 0 spiro atoms. The first-order chi connectivity index (χ1) is 10.8. The van der Waals surface area contributed by atoms with Crippen LogP contribution in [-0.4, -0.2) is 12.5 Å². The SMILES string of the molecule is Cc1cc(-c2ccccc2)ccc1OCCCCCCCCl. The molecular weight excluding hydrogens is 292 g/mol. The average Bonchev–Trinajstić information content (AvgIpc) is 2.56. The van der Waals surface area contributed by atoms with Gasteiger partial charge in [-0.15, -0.1) is 11.6 Å². The summed E-state index contributed by atoms with van der Waals surface area (Å²) in [5.41, 5.74) is 3.69. The Morgan fingerprint density at radius 1 is 0.818 bits per heavy atom. The van der Waals surface area contributed by atoms with Gasteiger partial charge in [-0.3, -0.25) is 0 Å². The molecule has 0 aliphatic rings. The van der Waals surface area contributed by atoms with Crippen molar-refractivity contribution in [2.24, 2.45) is 0 Å². The number of alkyl halides is 1. The van der Waals surface area contributed by atoms with Crippen LogP contribution >= 0.6 is 11.6 Å². The third-order valence-corrected chi connectivity index (χ3v) is 4.08. The van der Waals surface area contributed by atoms with Crippen LogP contribution in [0.25, 0.3) is 11.1 Å². The predicted octanol–water partition coefficient (Wildman–Crippen LogP) is 6.23. The van der Waals surface area contributed by atoms with Gasteiger partial charge >= 0.3 is 0 Å². The molecule has 2 heteroatoms. The lowest BCUT2D eigenvalue weighted by Crippen LogP contribution is -1.99. The Bertz CT molecular complexity index is 551. The van der Waals surface area contributed by atoms with E-state index in [9.17, 15) is 0 Å². The molecule has 1 nitrogen and oxygen atoms in total. The summed E-state index contributed by atoms with van der Waals surface area (Å²) in [5, 5.41) is 0. The maximum atomic E-state index is 5.91. The summed E-state index contributed by atoms with van der Waals surface area (Å²) >= 11 is 5.67. The predicted molar refractivity (Wildman–Crippen MR) is 95.9 cm³/mol. The van der Waals surface area contributed by atoms with Crippen LogP contribution in [0, 0.1) is 6.92 Å². The Morgan fingerprint density at radius 3 is 2.27 bits per heavy atom. The third-order valence-electron chi connectivity index (χ3n) is 3.82. The first-order valence-electron chi connectivity index (χ1n) is 8.16. The highest BCUT2D eigenvalue weighted by Gasteiger charge is 2.03. The molecule has 0 saturated heterocycles. The molecule has 0 atom stereocenters. The number of hydrogen-bond donors (Lipinski definition) is 0. The van der Waals surface area contributed by atoms with Gasteiger partial charge in [-0.1, -0.05) is 55.7 Å². The average molecular weight is 317 g/mol. The second-order valence-corrected chi connectivity index (χ2v) is 6.03. The van der Waals surface area contributed by atoms with E-state index < -0.39 is 0 Å². The molecule has 0 aliphatic heterocycles.